The SMILES string of the molecule is O=C(OCCCCCCCCCCCBr)c1ccc(C#Cc2ccc(/C(=C(/c3ccccc3)c3ccc(C#Cc4ccc(C(=O)OCCCCCCCCCCCBr)cc4)cc3)c3ccccc3)cc2)cc1. The molecule has 4 nitrogen and oxygen atoms in total. The Hall–Kier alpha value is -5.92. The molecule has 0 unspecified atom stereocenters. The van der Waals surface area contributed by atoms with Gasteiger partial charge >= 0.3 is 11.9 Å². The number of carbonyl (C=O) groups is 2. The van der Waals surface area contributed by atoms with Crippen molar-refractivity contribution in [3.05, 3.63) is 213 Å². The average molecular weight is 1090 g/mol. The minimum atomic E-state index is -0.286. The highest BCUT2D eigenvalue weighted by Gasteiger charge is 2.17. The summed E-state index contributed by atoms with van der Waals surface area (Å²) in [5.74, 6) is 12.6. The summed E-state index contributed by atoms with van der Waals surface area (Å²) in [4.78, 5) is 25.4. The van der Waals surface area contributed by atoms with Crippen LogP contribution in [0.4, 0.5) is 0 Å². The first-order valence-corrected chi connectivity index (χ1v) is 28.5. The summed E-state index contributed by atoms with van der Waals surface area (Å²) < 4.78 is 11.1. The van der Waals surface area contributed by atoms with Crippen molar-refractivity contribution in [2.24, 2.45) is 0 Å². The van der Waals surface area contributed by atoms with Crippen molar-refractivity contribution in [3.8, 4) is 23.7 Å². The fraction of sp³-hybridized carbons (Fsp3) is 0.333. The van der Waals surface area contributed by atoms with E-state index in [0.717, 1.165) is 92.0 Å². The molecule has 0 radical (unpaired) electrons. The summed E-state index contributed by atoms with van der Waals surface area (Å²) in [5, 5.41) is 2.21. The van der Waals surface area contributed by atoms with Gasteiger partial charge in [-0.05, 0) is 132 Å². The number of carbonyl (C=O) groups excluding carboxylic acids is 2. The number of hydrogen-bond acceptors (Lipinski definition) is 4. The van der Waals surface area contributed by atoms with Crippen LogP contribution >= 0.6 is 31.9 Å². The second kappa shape index (κ2) is 32.9. The van der Waals surface area contributed by atoms with Gasteiger partial charge in [-0.3, -0.25) is 0 Å². The van der Waals surface area contributed by atoms with Crippen molar-refractivity contribution >= 4 is 54.9 Å². The minimum Gasteiger partial charge on any atom is -0.462 e. The van der Waals surface area contributed by atoms with Crippen LogP contribution < -0.4 is 0 Å². The number of esters is 2. The van der Waals surface area contributed by atoms with E-state index in [-0.39, 0.29) is 11.9 Å². The molecule has 0 atom stereocenters. The van der Waals surface area contributed by atoms with Crippen LogP contribution in [0.15, 0.2) is 158 Å². The topological polar surface area (TPSA) is 52.6 Å². The van der Waals surface area contributed by atoms with E-state index in [1.54, 1.807) is 24.3 Å². The zero-order chi connectivity index (χ0) is 50.3. The lowest BCUT2D eigenvalue weighted by molar-refractivity contribution is 0.0488. The number of benzene rings is 6. The van der Waals surface area contributed by atoms with E-state index in [1.165, 1.54) is 89.9 Å². The van der Waals surface area contributed by atoms with E-state index >= 15 is 0 Å². The molecule has 6 aromatic carbocycles. The summed E-state index contributed by atoms with van der Waals surface area (Å²) in [5.41, 5.74) is 11.1. The molecule has 0 amide bonds. The highest BCUT2D eigenvalue weighted by molar-refractivity contribution is 9.09. The first kappa shape index (κ1) is 55.4. The quantitative estimate of drug-likeness (QED) is 0.0162. The Morgan fingerprint density at radius 1 is 0.292 bits per heavy atom. The van der Waals surface area contributed by atoms with Crippen LogP contribution in [0.2, 0.25) is 0 Å². The zero-order valence-electron chi connectivity index (χ0n) is 42.0. The lowest BCUT2D eigenvalue weighted by atomic mass is 9.85. The maximum atomic E-state index is 12.7. The van der Waals surface area contributed by atoms with Crippen LogP contribution in [0.25, 0.3) is 11.1 Å². The summed E-state index contributed by atoms with van der Waals surface area (Å²) in [6.45, 7) is 0.908. The molecule has 6 aromatic rings. The Labute approximate surface area is 447 Å². The van der Waals surface area contributed by atoms with Crippen molar-refractivity contribution in [3.63, 3.8) is 0 Å². The summed E-state index contributed by atoms with van der Waals surface area (Å²) >= 11 is 7.00. The molecule has 0 fully saturated rings. The zero-order valence-corrected chi connectivity index (χ0v) is 45.1. The third-order valence-electron chi connectivity index (χ3n) is 12.7. The number of unbranched alkanes of at least 4 members (excludes halogenated alkanes) is 16. The van der Waals surface area contributed by atoms with Crippen LogP contribution in [0.3, 0.4) is 0 Å². The Kier molecular flexibility index (Phi) is 25.3. The lowest BCUT2D eigenvalue weighted by Crippen LogP contribution is -2.06. The summed E-state index contributed by atoms with van der Waals surface area (Å²) in [6, 6.07) is 52.6. The van der Waals surface area contributed by atoms with Crippen LogP contribution in [-0.4, -0.2) is 35.8 Å². The highest BCUT2D eigenvalue weighted by atomic mass is 79.9. The van der Waals surface area contributed by atoms with Gasteiger partial charge in [-0.15, -0.1) is 0 Å². The first-order chi connectivity index (χ1) is 35.5. The molecule has 0 heterocycles. The van der Waals surface area contributed by atoms with E-state index < -0.39 is 0 Å². The van der Waals surface area contributed by atoms with Gasteiger partial charge in [0, 0.05) is 32.9 Å². The molecule has 6 heteroatoms. The van der Waals surface area contributed by atoms with E-state index in [4.69, 9.17) is 9.47 Å². The number of alkyl halides is 2. The average Bonchev–Trinajstić information content (AvgIpc) is 3.43. The summed E-state index contributed by atoms with van der Waals surface area (Å²) in [6.07, 6.45) is 21.9. The van der Waals surface area contributed by atoms with E-state index in [9.17, 15) is 9.59 Å². The van der Waals surface area contributed by atoms with Gasteiger partial charge in [0.2, 0.25) is 0 Å². The van der Waals surface area contributed by atoms with Gasteiger partial charge in [0.15, 0.2) is 0 Å². The van der Waals surface area contributed by atoms with E-state index in [2.05, 4.69) is 153 Å². The number of hydrogen-bond donors (Lipinski definition) is 0. The van der Waals surface area contributed by atoms with Crippen LogP contribution in [-0.2, 0) is 9.47 Å². The molecule has 0 aliphatic carbocycles. The van der Waals surface area contributed by atoms with E-state index in [0.29, 0.717) is 24.3 Å². The molecule has 0 aliphatic heterocycles. The first-order valence-electron chi connectivity index (χ1n) is 26.3. The van der Waals surface area contributed by atoms with Gasteiger partial charge in [-0.1, -0.05) is 230 Å². The van der Waals surface area contributed by atoms with Crippen LogP contribution in [0, 0.1) is 23.7 Å². The van der Waals surface area contributed by atoms with Crippen molar-refractivity contribution in [2.45, 2.75) is 116 Å². The molecule has 6 rings (SSSR count). The largest absolute Gasteiger partial charge is 0.462 e. The third-order valence-corrected chi connectivity index (χ3v) is 13.8. The predicted molar refractivity (Wildman–Crippen MR) is 307 cm³/mol. The Morgan fingerprint density at radius 3 is 0.806 bits per heavy atom. The van der Waals surface area contributed by atoms with Crippen LogP contribution in [0.1, 0.15) is 181 Å². The number of ether oxygens (including phenoxy) is 2. The van der Waals surface area contributed by atoms with E-state index in [1.807, 2.05) is 36.4 Å². The third kappa shape index (κ3) is 19.6. The maximum absolute atomic E-state index is 12.7. The molecule has 0 N–H and O–H groups in total. The van der Waals surface area contributed by atoms with Gasteiger partial charge in [0.25, 0.3) is 0 Å². The smallest absolute Gasteiger partial charge is 0.338 e. The second-order valence-corrected chi connectivity index (χ2v) is 19.9. The normalized spacial score (nSPS) is 11.1. The molecule has 0 bridgehead atoms. The minimum absolute atomic E-state index is 0.286. The van der Waals surface area contributed by atoms with Crippen molar-refractivity contribution in [1.29, 1.82) is 0 Å². The molecular weight excluding hydrogens is 1020 g/mol. The highest BCUT2D eigenvalue weighted by Crippen LogP contribution is 2.37. The number of rotatable bonds is 28. The van der Waals surface area contributed by atoms with Crippen molar-refractivity contribution < 1.29 is 19.1 Å². The Morgan fingerprint density at radius 2 is 0.528 bits per heavy atom. The van der Waals surface area contributed by atoms with Crippen molar-refractivity contribution in [2.75, 3.05) is 23.9 Å². The molecule has 0 spiro atoms. The molecule has 0 saturated carbocycles. The van der Waals surface area contributed by atoms with Gasteiger partial charge in [0.1, 0.15) is 0 Å². The van der Waals surface area contributed by atoms with Gasteiger partial charge in [0.05, 0.1) is 24.3 Å². The van der Waals surface area contributed by atoms with Gasteiger partial charge < -0.3 is 9.47 Å². The molecule has 0 saturated heterocycles. The fourth-order valence-electron chi connectivity index (χ4n) is 8.59. The monoisotopic (exact) mass is 1080 g/mol. The molecule has 72 heavy (non-hydrogen) atoms. The van der Waals surface area contributed by atoms with Gasteiger partial charge in [-0.25, -0.2) is 9.59 Å². The molecule has 0 aliphatic rings. The standard InChI is InChI=1S/C66H70Br2O4/c67-49-21-11-7-3-1-5-9-13-23-51-71-65(69)61-45-37-55(38-46-61)31-29-53-33-41-59(42-34-53)63(57-25-17-15-18-26-57)64(58-27-19-16-20-28-58)60-43-35-54(36-44-60)30-32-56-39-47-62(48-40-56)66(70)72-52-24-14-10-6-2-4-8-12-22-50-68/h15-20,25-28,33-48H,1-14,21-24,49-52H2/b64-63-. The summed E-state index contributed by atoms with van der Waals surface area (Å²) in [7, 11) is 0. The lowest BCUT2D eigenvalue weighted by Gasteiger charge is -2.18. The molecule has 0 aromatic heterocycles. The predicted octanol–water partition coefficient (Wildman–Crippen LogP) is 17.6. The number of halogens is 2. The van der Waals surface area contributed by atoms with Gasteiger partial charge in [-0.2, -0.15) is 0 Å². The Balaban J connectivity index is 1.07. The fourth-order valence-corrected chi connectivity index (χ4v) is 9.39. The molecule has 372 valence electrons. The Bertz CT molecular complexity index is 2480. The van der Waals surface area contributed by atoms with Crippen molar-refractivity contribution in [1.82, 2.24) is 0 Å². The maximum Gasteiger partial charge on any atom is 0.338 e. The van der Waals surface area contributed by atoms with Crippen LogP contribution in [0.5, 0.6) is 0 Å². The molecular formula is C66H70Br2O4. The second-order valence-electron chi connectivity index (χ2n) is 18.3.